The third kappa shape index (κ3) is 4.94. The number of carboxylic acid groups (broad SMARTS) is 1. The summed E-state index contributed by atoms with van der Waals surface area (Å²) in [7, 11) is 1.35. The first kappa shape index (κ1) is 14.3. The summed E-state index contributed by atoms with van der Waals surface area (Å²) < 4.78 is 9.72. The molecule has 0 atom stereocenters. The number of nitrogens with zero attached hydrogens (tertiary/aromatic N) is 1. The highest BCUT2D eigenvalue weighted by Gasteiger charge is 2.08. The Labute approximate surface area is 108 Å². The predicted molar refractivity (Wildman–Crippen MR) is 64.4 cm³/mol. The number of hydrogen-bond acceptors (Lipinski definition) is 6. The minimum Gasteiger partial charge on any atom is -0.481 e. The second-order valence-corrected chi connectivity index (χ2v) is 3.22. The van der Waals surface area contributed by atoms with Gasteiger partial charge in [0.15, 0.2) is 6.61 Å². The number of amides is 1. The molecule has 0 fully saturated rings. The Morgan fingerprint density at radius 2 is 2.21 bits per heavy atom. The Bertz CT molecular complexity index is 500. The molecule has 3 N–H and O–H groups in total. The van der Waals surface area contributed by atoms with E-state index in [1.54, 1.807) is 0 Å². The van der Waals surface area contributed by atoms with Crippen LogP contribution in [0.15, 0.2) is 23.4 Å². The molecule has 0 aliphatic carbocycles. The average molecular weight is 268 g/mol. The van der Waals surface area contributed by atoms with E-state index in [0.717, 1.165) is 0 Å². The molecule has 8 nitrogen and oxygen atoms in total. The molecule has 0 spiro atoms. The van der Waals surface area contributed by atoms with Crippen LogP contribution in [0.1, 0.15) is 5.56 Å². The summed E-state index contributed by atoms with van der Waals surface area (Å²) in [5.74, 6) is -0.695. The summed E-state index contributed by atoms with van der Waals surface area (Å²) in [5.41, 5.74) is 5.26. The van der Waals surface area contributed by atoms with Crippen molar-refractivity contribution < 1.29 is 29.0 Å². The van der Waals surface area contributed by atoms with Gasteiger partial charge in [-0.25, -0.2) is 9.59 Å². The van der Waals surface area contributed by atoms with Gasteiger partial charge in [0, 0.05) is 5.56 Å². The van der Waals surface area contributed by atoms with Crippen molar-refractivity contribution in [1.29, 1.82) is 0 Å². The Balaban J connectivity index is 2.98. The van der Waals surface area contributed by atoms with E-state index >= 15 is 0 Å². The van der Waals surface area contributed by atoms with E-state index in [-0.39, 0.29) is 11.5 Å². The fraction of sp³-hybridized carbons (Fsp3) is 0.182. The first-order valence-electron chi connectivity index (χ1n) is 5.05. The standard InChI is InChI=1S/C11H12N2O6/c1-17-13-5-7-4-8(19-11(12)16)2-3-9(7)18-6-10(14)15/h2-5H,6H2,1H3,(H2,12,16)(H,14,15)/b13-5+. The van der Waals surface area contributed by atoms with Crippen molar-refractivity contribution in [3.63, 3.8) is 0 Å². The highest BCUT2D eigenvalue weighted by molar-refractivity contribution is 5.84. The van der Waals surface area contributed by atoms with Crippen molar-refractivity contribution >= 4 is 18.3 Å². The SMILES string of the molecule is CO/N=C/c1cc(OC(N)=O)ccc1OCC(=O)O. The number of aliphatic carboxylic acids is 1. The van der Waals surface area contributed by atoms with Crippen LogP contribution in [-0.2, 0) is 9.63 Å². The van der Waals surface area contributed by atoms with Gasteiger partial charge in [-0.3, -0.25) is 0 Å². The molecule has 0 radical (unpaired) electrons. The van der Waals surface area contributed by atoms with Crippen LogP contribution in [0.5, 0.6) is 11.5 Å². The summed E-state index contributed by atoms with van der Waals surface area (Å²) in [4.78, 5) is 25.6. The highest BCUT2D eigenvalue weighted by Crippen LogP contribution is 2.23. The molecule has 0 bridgehead atoms. The number of ether oxygens (including phenoxy) is 2. The van der Waals surface area contributed by atoms with E-state index < -0.39 is 18.7 Å². The zero-order chi connectivity index (χ0) is 14.3. The summed E-state index contributed by atoms with van der Waals surface area (Å²) in [5, 5.41) is 12.1. The number of carbonyl (C=O) groups is 2. The Hall–Kier alpha value is -2.77. The molecule has 0 heterocycles. The van der Waals surface area contributed by atoms with Crippen LogP contribution in [0.4, 0.5) is 4.79 Å². The first-order chi connectivity index (χ1) is 9.02. The zero-order valence-electron chi connectivity index (χ0n) is 10.0. The van der Waals surface area contributed by atoms with Gasteiger partial charge in [0.1, 0.15) is 18.6 Å². The monoisotopic (exact) mass is 268 g/mol. The third-order valence-corrected chi connectivity index (χ3v) is 1.85. The fourth-order valence-electron chi connectivity index (χ4n) is 1.19. The number of hydrogen-bond donors (Lipinski definition) is 2. The maximum Gasteiger partial charge on any atom is 0.409 e. The first-order valence-corrected chi connectivity index (χ1v) is 5.05. The Morgan fingerprint density at radius 1 is 1.47 bits per heavy atom. The molecule has 19 heavy (non-hydrogen) atoms. The molecule has 8 heteroatoms. The number of oxime groups is 1. The maximum absolute atomic E-state index is 10.6. The minimum atomic E-state index is -1.12. The van der Waals surface area contributed by atoms with Crippen LogP contribution in [0.2, 0.25) is 0 Å². The van der Waals surface area contributed by atoms with E-state index in [4.69, 9.17) is 15.6 Å². The van der Waals surface area contributed by atoms with Crippen molar-refractivity contribution in [2.75, 3.05) is 13.7 Å². The van der Waals surface area contributed by atoms with Crippen molar-refractivity contribution in [3.8, 4) is 11.5 Å². The molecule has 1 rings (SSSR count). The largest absolute Gasteiger partial charge is 0.481 e. The third-order valence-electron chi connectivity index (χ3n) is 1.85. The van der Waals surface area contributed by atoms with Gasteiger partial charge in [-0.15, -0.1) is 0 Å². The maximum atomic E-state index is 10.6. The van der Waals surface area contributed by atoms with Gasteiger partial charge in [-0.2, -0.15) is 0 Å². The van der Waals surface area contributed by atoms with Gasteiger partial charge in [0.05, 0.1) is 6.21 Å². The molecular weight excluding hydrogens is 256 g/mol. The van der Waals surface area contributed by atoms with Crippen molar-refractivity contribution in [1.82, 2.24) is 0 Å². The van der Waals surface area contributed by atoms with Gasteiger partial charge in [0.25, 0.3) is 0 Å². The molecule has 1 aromatic rings. The van der Waals surface area contributed by atoms with E-state index in [1.165, 1.54) is 31.5 Å². The number of carbonyl (C=O) groups excluding carboxylic acids is 1. The quantitative estimate of drug-likeness (QED) is 0.575. The summed E-state index contributed by atoms with van der Waals surface area (Å²) >= 11 is 0. The van der Waals surface area contributed by atoms with E-state index in [1.807, 2.05) is 0 Å². The van der Waals surface area contributed by atoms with Crippen LogP contribution < -0.4 is 15.2 Å². The van der Waals surface area contributed by atoms with Crippen LogP contribution in [0.3, 0.4) is 0 Å². The molecule has 0 aliphatic rings. The predicted octanol–water partition coefficient (Wildman–Crippen LogP) is 0.588. The van der Waals surface area contributed by atoms with Crippen molar-refractivity contribution in [2.24, 2.45) is 10.9 Å². The molecule has 0 aromatic heterocycles. The second kappa shape index (κ2) is 6.84. The smallest absolute Gasteiger partial charge is 0.409 e. The number of benzene rings is 1. The van der Waals surface area contributed by atoms with Crippen LogP contribution >= 0.6 is 0 Å². The Morgan fingerprint density at radius 3 is 2.79 bits per heavy atom. The van der Waals surface area contributed by atoms with Gasteiger partial charge in [-0.1, -0.05) is 5.16 Å². The van der Waals surface area contributed by atoms with Crippen LogP contribution in [0, 0.1) is 0 Å². The minimum absolute atomic E-state index is 0.174. The van der Waals surface area contributed by atoms with E-state index in [0.29, 0.717) is 5.56 Å². The molecule has 102 valence electrons. The average Bonchev–Trinajstić information content (AvgIpc) is 2.34. The van der Waals surface area contributed by atoms with Gasteiger partial charge in [0.2, 0.25) is 0 Å². The molecule has 0 saturated carbocycles. The number of carboxylic acids is 1. The van der Waals surface area contributed by atoms with Crippen molar-refractivity contribution in [3.05, 3.63) is 23.8 Å². The highest BCUT2D eigenvalue weighted by atomic mass is 16.6. The molecule has 0 saturated heterocycles. The Kier molecular flexibility index (Phi) is 5.15. The zero-order valence-corrected chi connectivity index (χ0v) is 10.0. The lowest BCUT2D eigenvalue weighted by atomic mass is 10.2. The lowest BCUT2D eigenvalue weighted by Crippen LogP contribution is -2.16. The van der Waals surface area contributed by atoms with E-state index in [9.17, 15) is 9.59 Å². The van der Waals surface area contributed by atoms with Crippen LogP contribution in [0.25, 0.3) is 0 Å². The molecule has 1 amide bonds. The summed E-state index contributed by atoms with van der Waals surface area (Å²) in [6.07, 6.45) is 0.319. The van der Waals surface area contributed by atoms with Gasteiger partial charge < -0.3 is 25.2 Å². The number of nitrogens with two attached hydrogens (primary N) is 1. The molecule has 0 unspecified atom stereocenters. The number of rotatable bonds is 6. The molecular formula is C11H12N2O6. The normalized spacial score (nSPS) is 10.2. The van der Waals surface area contributed by atoms with Crippen molar-refractivity contribution in [2.45, 2.75) is 0 Å². The topological polar surface area (TPSA) is 120 Å². The summed E-state index contributed by atoms with van der Waals surface area (Å²) in [6.45, 7) is -0.510. The second-order valence-electron chi connectivity index (χ2n) is 3.22. The lowest BCUT2D eigenvalue weighted by Gasteiger charge is -2.08. The molecule has 1 aromatic carbocycles. The van der Waals surface area contributed by atoms with Crippen LogP contribution in [-0.4, -0.2) is 37.1 Å². The van der Waals surface area contributed by atoms with E-state index in [2.05, 4.69) is 14.7 Å². The number of primary amides is 1. The lowest BCUT2D eigenvalue weighted by molar-refractivity contribution is -0.139. The fourth-order valence-corrected chi connectivity index (χ4v) is 1.19. The van der Waals surface area contributed by atoms with Gasteiger partial charge >= 0.3 is 12.1 Å². The molecule has 0 aliphatic heterocycles. The summed E-state index contributed by atoms with van der Waals surface area (Å²) in [6, 6.07) is 4.24. The van der Waals surface area contributed by atoms with Gasteiger partial charge in [-0.05, 0) is 18.2 Å².